The summed E-state index contributed by atoms with van der Waals surface area (Å²) in [4.78, 5) is 11.2. The Morgan fingerprint density at radius 3 is 2.71 bits per heavy atom. The molecule has 5 aromatic rings. The van der Waals surface area contributed by atoms with Gasteiger partial charge in [0.1, 0.15) is 5.65 Å². The van der Waals surface area contributed by atoms with Crippen molar-refractivity contribution in [3.05, 3.63) is 47.9 Å². The van der Waals surface area contributed by atoms with Gasteiger partial charge in [-0.05, 0) is 49.8 Å². The Hall–Kier alpha value is -4.20. The zero-order valence-electron chi connectivity index (χ0n) is 24.3. The number of rotatable bonds is 5. The van der Waals surface area contributed by atoms with Crippen molar-refractivity contribution in [3.8, 4) is 34.3 Å². The van der Waals surface area contributed by atoms with Crippen LogP contribution in [0.4, 0.5) is 0 Å². The Morgan fingerprint density at radius 2 is 1.98 bits per heavy atom. The van der Waals surface area contributed by atoms with E-state index in [0.717, 1.165) is 88.7 Å². The summed E-state index contributed by atoms with van der Waals surface area (Å²) in [7, 11) is 5.53. The lowest BCUT2D eigenvalue weighted by atomic mass is 9.71. The van der Waals surface area contributed by atoms with E-state index in [2.05, 4.69) is 44.3 Å². The summed E-state index contributed by atoms with van der Waals surface area (Å²) in [6.45, 7) is 2.41. The number of ether oxygens (including phenoxy) is 2. The highest BCUT2D eigenvalue weighted by Crippen LogP contribution is 2.53. The van der Waals surface area contributed by atoms with Crippen LogP contribution in [0.3, 0.4) is 0 Å². The number of hydrogen-bond acceptors (Lipinski definition) is 7. The number of fused-ring (bicyclic) bond motifs is 5. The maximum atomic E-state index is 9.56. The fraction of sp³-hybridized carbons (Fsp3) is 0.438. The van der Waals surface area contributed by atoms with Crippen molar-refractivity contribution in [2.45, 2.75) is 56.3 Å². The second kappa shape index (κ2) is 9.15. The molecule has 4 aromatic heterocycles. The summed E-state index contributed by atoms with van der Waals surface area (Å²) >= 11 is 0. The molecule has 8 rings (SSSR count). The van der Waals surface area contributed by atoms with Crippen molar-refractivity contribution >= 4 is 21.9 Å². The summed E-state index contributed by atoms with van der Waals surface area (Å²) in [5.41, 5.74) is 7.96. The number of aromatic nitrogens is 6. The number of H-pyrrole nitrogens is 1. The molecule has 42 heavy (non-hydrogen) atoms. The minimum atomic E-state index is -0.393. The highest BCUT2D eigenvalue weighted by Gasteiger charge is 2.50. The van der Waals surface area contributed by atoms with E-state index in [1.165, 1.54) is 12.0 Å². The van der Waals surface area contributed by atoms with Gasteiger partial charge in [0, 0.05) is 72.6 Å². The first-order valence-electron chi connectivity index (χ1n) is 14.8. The van der Waals surface area contributed by atoms with Crippen molar-refractivity contribution in [1.82, 2.24) is 34.4 Å². The van der Waals surface area contributed by atoms with Gasteiger partial charge in [-0.2, -0.15) is 10.4 Å². The molecular formula is C32H34N8O2. The SMILES string of the molecule is COc1nn(C)cc1-c1[nH]c2ncc3c(c2c1-c1ccc2c(cnn2C)c1)C1(CCN(C2(CC#N)CCC2)CC1)OC3. The molecule has 3 aliphatic rings. The average molecular weight is 563 g/mol. The number of nitrogens with one attached hydrogen (secondary N) is 1. The standard InChI is InChI=1S/C32H34N8O2/c1-38-18-23(30(37-38)41-3)28-25(20-5-6-24-21(15-20)17-35-39(24)2)26-27-22(16-34-29(26)36-28)19-42-32(27)10-13-40(14-11-32)31(9-12-33)7-4-8-31/h5-6,15-18H,4,7-11,13-14,19H2,1-3H3,(H,34,36). The molecule has 2 aliphatic heterocycles. The molecule has 1 spiro atoms. The van der Waals surface area contributed by atoms with Gasteiger partial charge in [0.05, 0.1) is 54.8 Å². The summed E-state index contributed by atoms with van der Waals surface area (Å²) < 4.78 is 16.2. The first kappa shape index (κ1) is 25.5. The maximum absolute atomic E-state index is 9.56. The zero-order valence-corrected chi connectivity index (χ0v) is 24.3. The normalized spacial score (nSPS) is 19.3. The molecule has 1 aromatic carbocycles. The van der Waals surface area contributed by atoms with Crippen LogP contribution in [0, 0.1) is 11.3 Å². The van der Waals surface area contributed by atoms with Gasteiger partial charge in [-0.15, -0.1) is 5.10 Å². The number of nitrogens with zero attached hydrogens (tertiary/aromatic N) is 7. The van der Waals surface area contributed by atoms with E-state index in [1.807, 2.05) is 37.4 Å². The van der Waals surface area contributed by atoms with Crippen LogP contribution in [-0.4, -0.2) is 60.2 Å². The molecular weight excluding hydrogens is 528 g/mol. The fourth-order valence-corrected chi connectivity index (χ4v) is 7.79. The van der Waals surface area contributed by atoms with Crippen molar-refractivity contribution < 1.29 is 9.47 Å². The Kier molecular flexibility index (Phi) is 5.56. The van der Waals surface area contributed by atoms with Gasteiger partial charge in [-0.3, -0.25) is 14.3 Å². The number of aryl methyl sites for hydroxylation is 2. The van der Waals surface area contributed by atoms with E-state index in [4.69, 9.17) is 14.5 Å². The summed E-state index contributed by atoms with van der Waals surface area (Å²) in [6.07, 6.45) is 11.7. The lowest BCUT2D eigenvalue weighted by molar-refractivity contribution is -0.106. The number of pyridine rings is 1. The van der Waals surface area contributed by atoms with Crippen LogP contribution in [-0.2, 0) is 31.0 Å². The maximum Gasteiger partial charge on any atom is 0.241 e. The van der Waals surface area contributed by atoms with Gasteiger partial charge in [-0.1, -0.05) is 6.07 Å². The van der Waals surface area contributed by atoms with E-state index in [9.17, 15) is 5.26 Å². The molecule has 2 fully saturated rings. The monoisotopic (exact) mass is 562 g/mol. The lowest BCUT2D eigenvalue weighted by Crippen LogP contribution is -2.58. The van der Waals surface area contributed by atoms with Crippen molar-refractivity contribution in [3.63, 3.8) is 0 Å². The number of piperidine rings is 1. The predicted octanol–water partition coefficient (Wildman–Crippen LogP) is 5.18. The molecule has 0 amide bonds. The molecule has 1 N–H and O–H groups in total. The van der Waals surface area contributed by atoms with Gasteiger partial charge in [0.2, 0.25) is 5.88 Å². The van der Waals surface area contributed by atoms with E-state index in [1.54, 1.807) is 11.8 Å². The largest absolute Gasteiger partial charge is 0.479 e. The lowest BCUT2D eigenvalue weighted by Gasteiger charge is -2.53. The van der Waals surface area contributed by atoms with Crippen molar-refractivity contribution in [2.75, 3.05) is 20.2 Å². The minimum Gasteiger partial charge on any atom is -0.479 e. The van der Waals surface area contributed by atoms with Crippen LogP contribution in [0.5, 0.6) is 5.88 Å². The van der Waals surface area contributed by atoms with Gasteiger partial charge < -0.3 is 14.5 Å². The van der Waals surface area contributed by atoms with Crippen LogP contribution in [0.25, 0.3) is 44.3 Å². The smallest absolute Gasteiger partial charge is 0.241 e. The fourth-order valence-electron chi connectivity index (χ4n) is 7.79. The molecule has 1 saturated carbocycles. The average Bonchev–Trinajstić information content (AvgIpc) is 3.74. The van der Waals surface area contributed by atoms with Crippen LogP contribution in [0.15, 0.2) is 36.8 Å². The minimum absolute atomic E-state index is 0.0494. The highest BCUT2D eigenvalue weighted by atomic mass is 16.5. The molecule has 1 saturated heterocycles. The zero-order chi connectivity index (χ0) is 28.6. The first-order valence-corrected chi connectivity index (χ1v) is 14.8. The van der Waals surface area contributed by atoms with Crippen LogP contribution in [0.2, 0.25) is 0 Å². The van der Waals surface area contributed by atoms with Gasteiger partial charge >= 0.3 is 0 Å². The van der Waals surface area contributed by atoms with Crippen molar-refractivity contribution in [2.24, 2.45) is 14.1 Å². The molecule has 6 heterocycles. The molecule has 0 bridgehead atoms. The predicted molar refractivity (Wildman–Crippen MR) is 159 cm³/mol. The third-order valence-corrected chi connectivity index (χ3v) is 10.1. The quantitative estimate of drug-likeness (QED) is 0.314. The number of likely N-dealkylation sites (tertiary alicyclic amines) is 1. The second-order valence-electron chi connectivity index (χ2n) is 12.2. The Morgan fingerprint density at radius 1 is 1.14 bits per heavy atom. The topological polar surface area (TPSA) is 110 Å². The number of aromatic amines is 1. The number of hydrogen-bond donors (Lipinski definition) is 1. The number of methoxy groups -OCH3 is 1. The van der Waals surface area contributed by atoms with Gasteiger partial charge in [-0.25, -0.2) is 4.98 Å². The molecule has 0 unspecified atom stereocenters. The van der Waals surface area contributed by atoms with Crippen LogP contribution >= 0.6 is 0 Å². The van der Waals surface area contributed by atoms with Crippen LogP contribution < -0.4 is 4.74 Å². The highest BCUT2D eigenvalue weighted by molar-refractivity contribution is 6.06. The van der Waals surface area contributed by atoms with E-state index in [-0.39, 0.29) is 5.54 Å². The molecule has 1 aliphatic carbocycles. The third-order valence-electron chi connectivity index (χ3n) is 10.1. The first-order chi connectivity index (χ1) is 20.4. The molecule has 214 valence electrons. The van der Waals surface area contributed by atoms with E-state index in [0.29, 0.717) is 18.9 Å². The third kappa shape index (κ3) is 3.53. The second-order valence-corrected chi connectivity index (χ2v) is 12.2. The molecule has 0 radical (unpaired) electrons. The number of benzene rings is 1. The molecule has 10 heteroatoms. The summed E-state index contributed by atoms with van der Waals surface area (Å²) in [5, 5.41) is 20.8. The van der Waals surface area contributed by atoms with E-state index < -0.39 is 5.60 Å². The molecule has 0 atom stereocenters. The summed E-state index contributed by atoms with van der Waals surface area (Å²) in [6, 6.07) is 8.99. The van der Waals surface area contributed by atoms with E-state index >= 15 is 0 Å². The van der Waals surface area contributed by atoms with Gasteiger partial charge in [0.15, 0.2) is 0 Å². The number of nitriles is 1. The molecule has 10 nitrogen and oxygen atoms in total. The Labute approximate surface area is 243 Å². The summed E-state index contributed by atoms with van der Waals surface area (Å²) in [5.74, 6) is 0.562. The Balaban J connectivity index is 1.32. The van der Waals surface area contributed by atoms with Crippen LogP contribution in [0.1, 0.15) is 49.7 Å². The Bertz CT molecular complexity index is 1890. The van der Waals surface area contributed by atoms with Gasteiger partial charge in [0.25, 0.3) is 0 Å². The van der Waals surface area contributed by atoms with Crippen molar-refractivity contribution in [1.29, 1.82) is 5.26 Å².